The Morgan fingerprint density at radius 1 is 1.14 bits per heavy atom. The van der Waals surface area contributed by atoms with Crippen LogP contribution in [-0.4, -0.2) is 21.0 Å². The molecule has 0 unspecified atom stereocenters. The van der Waals surface area contributed by atoms with E-state index >= 15 is 0 Å². The molecule has 0 amide bonds. The number of methoxy groups -OCH3 is 2. The van der Waals surface area contributed by atoms with Crippen molar-refractivity contribution in [2.75, 3.05) is 21.0 Å². The summed E-state index contributed by atoms with van der Waals surface area (Å²) in [5, 5.41) is 0. The molecular formula is C5H12O2. The Hall–Kier alpha value is -0.340. The Kier molecular flexibility index (Phi) is 24.4. The summed E-state index contributed by atoms with van der Waals surface area (Å²) in [4.78, 5) is 0. The van der Waals surface area contributed by atoms with Crippen LogP contribution in [0.25, 0.3) is 0 Å². The maximum Gasteiger partial charge on any atom is 0.145 e. The topological polar surface area (TPSA) is 18.5 Å². The monoisotopic (exact) mass is 104 g/mol. The van der Waals surface area contributed by atoms with E-state index in [4.69, 9.17) is 0 Å². The van der Waals surface area contributed by atoms with Gasteiger partial charge in [-0.1, -0.05) is 0 Å². The number of hydrogen-bond donors (Lipinski definition) is 0. The largest absolute Gasteiger partial charge is 0.359 e. The van der Waals surface area contributed by atoms with Crippen LogP contribution in [0.5, 0.6) is 0 Å². The van der Waals surface area contributed by atoms with Crippen LogP contribution >= 0.6 is 0 Å². The van der Waals surface area contributed by atoms with E-state index in [9.17, 15) is 0 Å². The third-order valence-electron chi connectivity index (χ3n) is 0.236. The summed E-state index contributed by atoms with van der Waals surface area (Å²) < 4.78 is 8.94. The highest BCUT2D eigenvalue weighted by molar-refractivity contribution is 4.22. The molecule has 0 heterocycles. The molecule has 0 aliphatic heterocycles. The molecule has 0 saturated carbocycles. The van der Waals surface area contributed by atoms with Crippen LogP contribution in [0.3, 0.4) is 0 Å². The first-order valence-electron chi connectivity index (χ1n) is 1.89. The van der Waals surface area contributed by atoms with Crippen LogP contribution in [-0.2, 0) is 9.47 Å². The first-order valence-corrected chi connectivity index (χ1v) is 1.89. The maximum absolute atomic E-state index is 4.47. The number of hydrogen-bond acceptors (Lipinski definition) is 2. The summed E-state index contributed by atoms with van der Waals surface area (Å²) in [7, 11) is 3.17. The third-order valence-corrected chi connectivity index (χ3v) is 0.236. The summed E-state index contributed by atoms with van der Waals surface area (Å²) in [6.45, 7) is 6.39. The van der Waals surface area contributed by atoms with Gasteiger partial charge in [0.1, 0.15) is 6.79 Å². The molecule has 0 aliphatic rings. The summed E-state index contributed by atoms with van der Waals surface area (Å²) in [6.07, 6.45) is 0. The van der Waals surface area contributed by atoms with Gasteiger partial charge in [0, 0.05) is 14.2 Å². The van der Waals surface area contributed by atoms with Gasteiger partial charge in [-0.3, -0.25) is 0 Å². The van der Waals surface area contributed by atoms with Crippen molar-refractivity contribution in [3.63, 3.8) is 0 Å². The predicted octanol–water partition coefficient (Wildman–Crippen LogP) is 1.04. The van der Waals surface area contributed by atoms with Gasteiger partial charge in [0.25, 0.3) is 0 Å². The van der Waals surface area contributed by atoms with Crippen molar-refractivity contribution >= 4 is 0 Å². The highest BCUT2D eigenvalue weighted by Gasteiger charge is 1.63. The second-order valence-electron chi connectivity index (χ2n) is 0.695. The van der Waals surface area contributed by atoms with Crippen molar-refractivity contribution in [3.8, 4) is 0 Å². The molecule has 0 rings (SSSR count). The molecular weight excluding hydrogens is 92.1 g/mol. The molecule has 7 heavy (non-hydrogen) atoms. The van der Waals surface area contributed by atoms with E-state index in [0.29, 0.717) is 6.79 Å². The van der Waals surface area contributed by atoms with Crippen molar-refractivity contribution in [2.24, 2.45) is 0 Å². The van der Waals surface area contributed by atoms with Gasteiger partial charge < -0.3 is 9.47 Å². The fraction of sp³-hybridized carbons (Fsp3) is 0.600. The van der Waals surface area contributed by atoms with Crippen LogP contribution in [0.4, 0.5) is 0 Å². The van der Waals surface area contributed by atoms with Crippen LogP contribution in [0.2, 0.25) is 0 Å². The lowest BCUT2D eigenvalue weighted by molar-refractivity contribution is -0.00271. The molecule has 2 heteroatoms. The van der Waals surface area contributed by atoms with Gasteiger partial charge in [-0.15, -0.1) is 13.2 Å². The van der Waals surface area contributed by atoms with E-state index in [-0.39, 0.29) is 0 Å². The van der Waals surface area contributed by atoms with Crippen molar-refractivity contribution in [1.29, 1.82) is 0 Å². The Morgan fingerprint density at radius 3 is 1.43 bits per heavy atom. The molecule has 0 saturated heterocycles. The van der Waals surface area contributed by atoms with E-state index in [1.54, 1.807) is 14.2 Å². The molecule has 0 aromatic carbocycles. The normalized spacial score (nSPS) is 6.57. The van der Waals surface area contributed by atoms with E-state index in [1.807, 2.05) is 0 Å². The molecule has 44 valence electrons. The van der Waals surface area contributed by atoms with Crippen molar-refractivity contribution in [2.45, 2.75) is 0 Å². The van der Waals surface area contributed by atoms with E-state index in [2.05, 4.69) is 22.6 Å². The number of rotatable bonds is 2. The van der Waals surface area contributed by atoms with Gasteiger partial charge in [-0.05, 0) is 0 Å². The Balaban J connectivity index is 0. The zero-order chi connectivity index (χ0) is 6.12. The van der Waals surface area contributed by atoms with E-state index in [0.717, 1.165) is 0 Å². The average molecular weight is 104 g/mol. The fourth-order valence-corrected chi connectivity index (χ4v) is 0.118. The maximum atomic E-state index is 4.47. The molecule has 0 spiro atoms. The molecule has 0 bridgehead atoms. The van der Waals surface area contributed by atoms with Crippen LogP contribution in [0.1, 0.15) is 0 Å². The predicted molar refractivity (Wildman–Crippen MR) is 30.1 cm³/mol. The average Bonchev–Trinajstić information content (AvgIpc) is 1.75. The Morgan fingerprint density at radius 2 is 1.43 bits per heavy atom. The zero-order valence-electron chi connectivity index (χ0n) is 4.94. The van der Waals surface area contributed by atoms with Crippen LogP contribution in [0, 0.1) is 0 Å². The fourth-order valence-electron chi connectivity index (χ4n) is 0.118. The Labute approximate surface area is 44.7 Å². The van der Waals surface area contributed by atoms with Crippen molar-refractivity contribution < 1.29 is 9.47 Å². The molecule has 0 aromatic rings. The quantitative estimate of drug-likeness (QED) is 0.385. The summed E-state index contributed by atoms with van der Waals surface area (Å²) >= 11 is 0. The lowest BCUT2D eigenvalue weighted by Crippen LogP contribution is -1.87. The summed E-state index contributed by atoms with van der Waals surface area (Å²) in [5.74, 6) is 0. The first kappa shape index (κ1) is 9.83. The molecule has 0 aromatic heterocycles. The second kappa shape index (κ2) is 17.4. The highest BCUT2D eigenvalue weighted by Crippen LogP contribution is 1.60. The molecule has 2 nitrogen and oxygen atoms in total. The minimum atomic E-state index is 0.389. The van der Waals surface area contributed by atoms with Gasteiger partial charge in [0.2, 0.25) is 0 Å². The SMILES string of the molecule is C=C.COCOC. The van der Waals surface area contributed by atoms with Crippen molar-refractivity contribution in [1.82, 2.24) is 0 Å². The summed E-state index contributed by atoms with van der Waals surface area (Å²) in [6, 6.07) is 0. The minimum Gasteiger partial charge on any atom is -0.359 e. The molecule has 0 N–H and O–H groups in total. The molecule has 0 radical (unpaired) electrons. The van der Waals surface area contributed by atoms with E-state index in [1.165, 1.54) is 0 Å². The van der Waals surface area contributed by atoms with Crippen molar-refractivity contribution in [3.05, 3.63) is 13.2 Å². The van der Waals surface area contributed by atoms with Gasteiger partial charge in [0.15, 0.2) is 0 Å². The Bertz CT molecular complexity index is 20.0. The highest BCUT2D eigenvalue weighted by atomic mass is 16.6. The molecule has 0 fully saturated rings. The van der Waals surface area contributed by atoms with E-state index < -0.39 is 0 Å². The van der Waals surface area contributed by atoms with Gasteiger partial charge in [-0.2, -0.15) is 0 Å². The third kappa shape index (κ3) is 27.5. The van der Waals surface area contributed by atoms with Gasteiger partial charge in [-0.25, -0.2) is 0 Å². The smallest absolute Gasteiger partial charge is 0.145 e. The molecule has 0 aliphatic carbocycles. The summed E-state index contributed by atoms with van der Waals surface area (Å²) in [5.41, 5.74) is 0. The van der Waals surface area contributed by atoms with Gasteiger partial charge in [0.05, 0.1) is 0 Å². The molecule has 0 atom stereocenters. The van der Waals surface area contributed by atoms with Crippen LogP contribution in [0.15, 0.2) is 13.2 Å². The minimum absolute atomic E-state index is 0.389. The first-order chi connectivity index (χ1) is 3.41. The van der Waals surface area contributed by atoms with Gasteiger partial charge >= 0.3 is 0 Å². The lowest BCUT2D eigenvalue weighted by atomic mass is 11.3. The zero-order valence-corrected chi connectivity index (χ0v) is 4.94. The lowest BCUT2D eigenvalue weighted by Gasteiger charge is -1.87. The second-order valence-corrected chi connectivity index (χ2v) is 0.695. The van der Waals surface area contributed by atoms with Crippen LogP contribution < -0.4 is 0 Å². The number of ether oxygens (including phenoxy) is 2. The standard InChI is InChI=1S/C3H8O2.C2H4/c1-4-3-5-2;1-2/h3H2,1-2H3;1-2H2.